The van der Waals surface area contributed by atoms with E-state index in [2.05, 4.69) is 99.8 Å². The van der Waals surface area contributed by atoms with Crippen LogP contribution in [0.1, 0.15) is 271 Å². The van der Waals surface area contributed by atoms with Gasteiger partial charge in [0.2, 0.25) is 0 Å². The fourth-order valence-electron chi connectivity index (χ4n) is 7.88. The minimum absolute atomic E-state index is 0.0996. The average Bonchev–Trinajstić information content (AvgIpc) is 3.34. The molecule has 0 fully saturated rings. The molecule has 6 nitrogen and oxygen atoms in total. The van der Waals surface area contributed by atoms with Crippen LogP contribution in [-0.2, 0) is 28.6 Å². The largest absolute Gasteiger partial charge is 0.462 e. The number of ether oxygens (including phenoxy) is 3. The van der Waals surface area contributed by atoms with E-state index in [0.29, 0.717) is 19.3 Å². The van der Waals surface area contributed by atoms with Gasteiger partial charge < -0.3 is 14.2 Å². The van der Waals surface area contributed by atoms with Crippen LogP contribution in [0.5, 0.6) is 0 Å². The van der Waals surface area contributed by atoms with E-state index in [1.165, 1.54) is 148 Å². The number of allylic oxidation sites excluding steroid dienone is 14. The first-order valence-electron chi connectivity index (χ1n) is 28.6. The number of carbonyl (C=O) groups excluding carboxylic acids is 3. The molecule has 0 aliphatic carbocycles. The number of hydrogen-bond acceptors (Lipinski definition) is 6. The van der Waals surface area contributed by atoms with Crippen LogP contribution in [0.15, 0.2) is 85.1 Å². The Kier molecular flexibility index (Phi) is 53.4. The Balaban J connectivity index is 4.46. The van der Waals surface area contributed by atoms with E-state index in [0.717, 1.165) is 77.0 Å². The van der Waals surface area contributed by atoms with E-state index >= 15 is 0 Å². The quantitative estimate of drug-likeness (QED) is 0.0262. The summed E-state index contributed by atoms with van der Waals surface area (Å²) in [4.78, 5) is 38.1. The Morgan fingerprint density at radius 1 is 0.309 bits per heavy atom. The highest BCUT2D eigenvalue weighted by Gasteiger charge is 2.19. The standard InChI is InChI=1S/C62H106O6/c1-4-7-10-13-16-19-22-25-27-29-31-33-35-37-40-43-46-49-52-55-61(64)67-58-59(57-66-60(63)54-51-48-45-42-39-24-21-18-15-12-9-6-3)68-62(65)56-53-50-47-44-41-38-36-34-32-30-28-26-23-20-17-14-11-8-5-2/h7,10,16,19,25,27,30-33,37,40,46,49,59H,4-6,8-9,11-15,17-18,20-24,26,28-29,34-36,38-39,41-45,47-48,50-58H2,1-3H3/b10-7-,19-16-,27-25-,32-30-,33-31-,40-37-,49-46-. The van der Waals surface area contributed by atoms with Crippen LogP contribution in [0, 0.1) is 0 Å². The molecule has 0 bridgehead atoms. The molecule has 1 unspecified atom stereocenters. The topological polar surface area (TPSA) is 78.9 Å². The van der Waals surface area contributed by atoms with Crippen molar-refractivity contribution in [2.24, 2.45) is 0 Å². The lowest BCUT2D eigenvalue weighted by atomic mass is 10.0. The average molecular weight is 948 g/mol. The van der Waals surface area contributed by atoms with Crippen LogP contribution in [0.25, 0.3) is 0 Å². The molecular weight excluding hydrogens is 841 g/mol. The Bertz CT molecular complexity index is 1320. The predicted octanol–water partition coefficient (Wildman–Crippen LogP) is 19.2. The fraction of sp³-hybridized carbons (Fsp3) is 0.726. The lowest BCUT2D eigenvalue weighted by molar-refractivity contribution is -0.166. The molecule has 0 aliphatic heterocycles. The SMILES string of the molecule is CC/C=C\C/C=C\C/C=C\C/C=C\C/C=C\C/C=C\CCC(=O)OCC(COC(=O)CCCCCCCCCCCCCC)OC(=O)CCCCCCCCC/C=C\CCCCCCCCCC. The third-order valence-corrected chi connectivity index (χ3v) is 12.1. The zero-order chi connectivity index (χ0) is 49.3. The molecule has 0 aliphatic rings. The van der Waals surface area contributed by atoms with Gasteiger partial charge in [-0.1, -0.05) is 254 Å². The molecule has 0 rings (SSSR count). The summed E-state index contributed by atoms with van der Waals surface area (Å²) >= 11 is 0. The number of esters is 3. The fourth-order valence-corrected chi connectivity index (χ4v) is 7.88. The number of rotatable bonds is 51. The van der Waals surface area contributed by atoms with Gasteiger partial charge in [0.05, 0.1) is 0 Å². The number of carbonyl (C=O) groups is 3. The molecular formula is C62H106O6. The van der Waals surface area contributed by atoms with Crippen molar-refractivity contribution >= 4 is 17.9 Å². The van der Waals surface area contributed by atoms with Crippen molar-refractivity contribution in [1.29, 1.82) is 0 Å². The Morgan fingerprint density at radius 3 is 0.985 bits per heavy atom. The van der Waals surface area contributed by atoms with Crippen LogP contribution in [0.4, 0.5) is 0 Å². The van der Waals surface area contributed by atoms with Crippen molar-refractivity contribution in [2.75, 3.05) is 13.2 Å². The van der Waals surface area contributed by atoms with Crippen molar-refractivity contribution < 1.29 is 28.6 Å². The Morgan fingerprint density at radius 2 is 0.603 bits per heavy atom. The van der Waals surface area contributed by atoms with Gasteiger partial charge in [-0.3, -0.25) is 14.4 Å². The van der Waals surface area contributed by atoms with Crippen molar-refractivity contribution in [3.8, 4) is 0 Å². The molecule has 390 valence electrons. The van der Waals surface area contributed by atoms with Gasteiger partial charge in [0.25, 0.3) is 0 Å². The van der Waals surface area contributed by atoms with E-state index in [4.69, 9.17) is 14.2 Å². The molecule has 0 saturated carbocycles. The van der Waals surface area contributed by atoms with Gasteiger partial charge >= 0.3 is 17.9 Å². The molecule has 68 heavy (non-hydrogen) atoms. The van der Waals surface area contributed by atoms with Crippen molar-refractivity contribution in [3.63, 3.8) is 0 Å². The molecule has 1 atom stereocenters. The maximum Gasteiger partial charge on any atom is 0.306 e. The number of unbranched alkanes of at least 4 members (excludes halogenated alkanes) is 26. The van der Waals surface area contributed by atoms with Gasteiger partial charge in [-0.05, 0) is 83.5 Å². The molecule has 6 heteroatoms. The summed E-state index contributed by atoms with van der Waals surface area (Å²) in [5.74, 6) is -0.986. The molecule has 0 aromatic carbocycles. The summed E-state index contributed by atoms with van der Waals surface area (Å²) < 4.78 is 16.8. The first-order valence-corrected chi connectivity index (χ1v) is 28.6. The minimum atomic E-state index is -0.808. The predicted molar refractivity (Wildman–Crippen MR) is 293 cm³/mol. The third-order valence-electron chi connectivity index (χ3n) is 12.1. The highest BCUT2D eigenvalue weighted by atomic mass is 16.6. The van der Waals surface area contributed by atoms with Crippen LogP contribution >= 0.6 is 0 Å². The second-order valence-electron chi connectivity index (χ2n) is 18.8. The van der Waals surface area contributed by atoms with Gasteiger partial charge in [-0.25, -0.2) is 0 Å². The molecule has 0 N–H and O–H groups in total. The summed E-state index contributed by atoms with van der Waals surface area (Å²) in [6.07, 6.45) is 73.0. The van der Waals surface area contributed by atoms with E-state index in [9.17, 15) is 14.4 Å². The van der Waals surface area contributed by atoms with Crippen molar-refractivity contribution in [3.05, 3.63) is 85.1 Å². The lowest BCUT2D eigenvalue weighted by Gasteiger charge is -2.18. The van der Waals surface area contributed by atoms with Crippen LogP contribution in [-0.4, -0.2) is 37.2 Å². The van der Waals surface area contributed by atoms with E-state index in [1.54, 1.807) is 0 Å². The van der Waals surface area contributed by atoms with Crippen molar-refractivity contribution in [1.82, 2.24) is 0 Å². The van der Waals surface area contributed by atoms with Crippen LogP contribution in [0.3, 0.4) is 0 Å². The summed E-state index contributed by atoms with van der Waals surface area (Å²) in [5.41, 5.74) is 0. The Hall–Kier alpha value is -3.41. The zero-order valence-corrected chi connectivity index (χ0v) is 44.6. The summed E-state index contributed by atoms with van der Waals surface area (Å²) in [6, 6.07) is 0. The second kappa shape index (κ2) is 56.2. The zero-order valence-electron chi connectivity index (χ0n) is 44.6. The maximum absolute atomic E-state index is 12.8. The van der Waals surface area contributed by atoms with E-state index in [-0.39, 0.29) is 37.5 Å². The van der Waals surface area contributed by atoms with Crippen LogP contribution in [0.2, 0.25) is 0 Å². The second-order valence-corrected chi connectivity index (χ2v) is 18.8. The summed E-state index contributed by atoms with van der Waals surface area (Å²) in [7, 11) is 0. The van der Waals surface area contributed by atoms with Gasteiger partial charge in [0.15, 0.2) is 6.10 Å². The van der Waals surface area contributed by atoms with E-state index < -0.39 is 6.10 Å². The normalized spacial score (nSPS) is 12.7. The first-order chi connectivity index (χ1) is 33.5. The van der Waals surface area contributed by atoms with Gasteiger partial charge in [0, 0.05) is 19.3 Å². The summed E-state index contributed by atoms with van der Waals surface area (Å²) in [5, 5.41) is 0. The van der Waals surface area contributed by atoms with Crippen LogP contribution < -0.4 is 0 Å². The molecule has 0 saturated heterocycles. The maximum atomic E-state index is 12.8. The monoisotopic (exact) mass is 947 g/mol. The van der Waals surface area contributed by atoms with E-state index in [1.807, 2.05) is 6.08 Å². The number of hydrogen-bond donors (Lipinski definition) is 0. The molecule has 0 aromatic rings. The Labute approximate surface area is 420 Å². The summed E-state index contributed by atoms with van der Waals surface area (Å²) in [6.45, 7) is 6.47. The molecule has 0 heterocycles. The highest BCUT2D eigenvalue weighted by molar-refractivity contribution is 5.71. The highest BCUT2D eigenvalue weighted by Crippen LogP contribution is 2.15. The molecule has 0 amide bonds. The van der Waals surface area contributed by atoms with Gasteiger partial charge in [0.1, 0.15) is 13.2 Å². The minimum Gasteiger partial charge on any atom is -0.462 e. The van der Waals surface area contributed by atoms with Gasteiger partial charge in [-0.15, -0.1) is 0 Å². The molecule has 0 spiro atoms. The lowest BCUT2D eigenvalue weighted by Crippen LogP contribution is -2.30. The molecule has 0 radical (unpaired) electrons. The van der Waals surface area contributed by atoms with Crippen molar-refractivity contribution in [2.45, 2.75) is 277 Å². The van der Waals surface area contributed by atoms with Gasteiger partial charge in [-0.2, -0.15) is 0 Å². The first kappa shape index (κ1) is 64.6. The smallest absolute Gasteiger partial charge is 0.306 e. The molecule has 0 aromatic heterocycles. The third kappa shape index (κ3) is 53.5.